The number of nitrogens with zero attached hydrogens (tertiary/aromatic N) is 1. The Morgan fingerprint density at radius 3 is 2.42 bits per heavy atom. The molecule has 0 atom stereocenters. The Bertz CT molecular complexity index is 417. The van der Waals surface area contributed by atoms with Crippen LogP contribution in [0.15, 0.2) is 24.3 Å². The first-order chi connectivity index (χ1) is 8.90. The van der Waals surface area contributed by atoms with Gasteiger partial charge >= 0.3 is 0 Å². The molecule has 106 valence electrons. The fourth-order valence-electron chi connectivity index (χ4n) is 1.75. The lowest BCUT2D eigenvalue weighted by Gasteiger charge is -2.31. The highest BCUT2D eigenvalue weighted by Gasteiger charge is 2.33. The van der Waals surface area contributed by atoms with Crippen LogP contribution in [-0.2, 0) is 4.79 Å². The molecule has 19 heavy (non-hydrogen) atoms. The van der Waals surface area contributed by atoms with Gasteiger partial charge in [-0.25, -0.2) is 4.39 Å². The number of halogens is 1. The molecular formula is C14H20FNO3. The van der Waals surface area contributed by atoms with Crippen LogP contribution >= 0.6 is 0 Å². The van der Waals surface area contributed by atoms with Gasteiger partial charge in [-0.2, -0.15) is 0 Å². The molecule has 0 aliphatic heterocycles. The summed E-state index contributed by atoms with van der Waals surface area (Å²) < 4.78 is 18.4. The monoisotopic (exact) mass is 269 g/mol. The van der Waals surface area contributed by atoms with Crippen molar-refractivity contribution in [1.29, 1.82) is 0 Å². The van der Waals surface area contributed by atoms with Crippen LogP contribution in [0.25, 0.3) is 0 Å². The standard InChI is InChI=1S/C14H20FNO3/c1-4-16(9-10-17)13(18)14(2,3)19-12-7-5-11(15)6-8-12/h5-8,17H,4,9-10H2,1-3H3. The number of amides is 1. The van der Waals surface area contributed by atoms with Gasteiger partial charge in [-0.3, -0.25) is 4.79 Å². The minimum Gasteiger partial charge on any atom is -0.478 e. The molecule has 0 aliphatic carbocycles. The second kappa shape index (κ2) is 6.52. The molecule has 1 N–H and O–H groups in total. The van der Waals surface area contributed by atoms with Gasteiger partial charge in [-0.1, -0.05) is 0 Å². The molecule has 5 heteroatoms. The average molecular weight is 269 g/mol. The summed E-state index contributed by atoms with van der Waals surface area (Å²) in [4.78, 5) is 13.8. The van der Waals surface area contributed by atoms with Crippen molar-refractivity contribution in [3.05, 3.63) is 30.1 Å². The number of benzene rings is 1. The van der Waals surface area contributed by atoms with Crippen molar-refractivity contribution >= 4 is 5.91 Å². The van der Waals surface area contributed by atoms with Gasteiger partial charge in [-0.05, 0) is 45.0 Å². The normalized spacial score (nSPS) is 11.2. The SMILES string of the molecule is CCN(CCO)C(=O)C(C)(C)Oc1ccc(F)cc1. The number of hydrogen-bond acceptors (Lipinski definition) is 3. The molecule has 0 radical (unpaired) electrons. The molecule has 0 unspecified atom stereocenters. The highest BCUT2D eigenvalue weighted by Crippen LogP contribution is 2.20. The molecule has 0 bridgehead atoms. The molecule has 1 aromatic rings. The van der Waals surface area contributed by atoms with Gasteiger partial charge in [0, 0.05) is 13.1 Å². The van der Waals surface area contributed by atoms with Crippen LogP contribution in [0.4, 0.5) is 4.39 Å². The fourth-order valence-corrected chi connectivity index (χ4v) is 1.75. The van der Waals surface area contributed by atoms with Crippen LogP contribution in [0.3, 0.4) is 0 Å². The zero-order valence-electron chi connectivity index (χ0n) is 11.5. The minimum absolute atomic E-state index is 0.0911. The van der Waals surface area contributed by atoms with Crippen LogP contribution in [0.2, 0.25) is 0 Å². The molecule has 0 saturated heterocycles. The van der Waals surface area contributed by atoms with Crippen molar-refractivity contribution in [3.8, 4) is 5.75 Å². The lowest BCUT2D eigenvalue weighted by atomic mass is 10.1. The summed E-state index contributed by atoms with van der Waals surface area (Å²) in [5.74, 6) is -0.139. The van der Waals surface area contributed by atoms with Crippen LogP contribution in [0.5, 0.6) is 5.75 Å². The topological polar surface area (TPSA) is 49.8 Å². The van der Waals surface area contributed by atoms with E-state index in [9.17, 15) is 9.18 Å². The van der Waals surface area contributed by atoms with Crippen LogP contribution < -0.4 is 4.74 Å². The smallest absolute Gasteiger partial charge is 0.266 e. The number of carbonyl (C=O) groups is 1. The summed E-state index contributed by atoms with van der Waals surface area (Å²) in [5.41, 5.74) is -1.07. The van der Waals surface area contributed by atoms with Gasteiger partial charge in [0.15, 0.2) is 5.60 Å². The van der Waals surface area contributed by atoms with Crippen molar-refractivity contribution in [3.63, 3.8) is 0 Å². The van der Waals surface area contributed by atoms with E-state index in [2.05, 4.69) is 0 Å². The van der Waals surface area contributed by atoms with Crippen LogP contribution in [-0.4, -0.2) is 41.2 Å². The van der Waals surface area contributed by atoms with Crippen molar-refractivity contribution < 1.29 is 19.0 Å². The maximum atomic E-state index is 12.8. The average Bonchev–Trinajstić information content (AvgIpc) is 2.37. The largest absolute Gasteiger partial charge is 0.478 e. The predicted octanol–water partition coefficient (Wildman–Crippen LogP) is 1.82. The van der Waals surface area contributed by atoms with E-state index < -0.39 is 5.60 Å². The van der Waals surface area contributed by atoms with Gasteiger partial charge in [0.05, 0.1) is 6.61 Å². The predicted molar refractivity (Wildman–Crippen MR) is 70.4 cm³/mol. The van der Waals surface area contributed by atoms with Gasteiger partial charge < -0.3 is 14.7 Å². The van der Waals surface area contributed by atoms with Crippen LogP contribution in [0.1, 0.15) is 20.8 Å². The molecular weight excluding hydrogens is 249 g/mol. The molecule has 0 aliphatic rings. The third kappa shape index (κ3) is 4.21. The summed E-state index contributed by atoms with van der Waals surface area (Å²) in [7, 11) is 0. The van der Waals surface area contributed by atoms with Gasteiger partial charge in [0.2, 0.25) is 0 Å². The summed E-state index contributed by atoms with van der Waals surface area (Å²) in [6, 6.07) is 5.52. The molecule has 0 heterocycles. The highest BCUT2D eigenvalue weighted by molar-refractivity contribution is 5.84. The third-order valence-electron chi connectivity index (χ3n) is 2.74. The number of rotatable bonds is 6. The zero-order chi connectivity index (χ0) is 14.5. The second-order valence-electron chi connectivity index (χ2n) is 4.67. The lowest BCUT2D eigenvalue weighted by molar-refractivity contribution is -0.145. The number of carbonyl (C=O) groups excluding carboxylic acids is 1. The number of aliphatic hydroxyl groups excluding tert-OH is 1. The number of hydrogen-bond donors (Lipinski definition) is 1. The molecule has 1 aromatic carbocycles. The first-order valence-electron chi connectivity index (χ1n) is 6.25. The van der Waals surface area contributed by atoms with E-state index in [1.807, 2.05) is 6.92 Å². The Kier molecular flexibility index (Phi) is 5.30. The Morgan fingerprint density at radius 1 is 1.37 bits per heavy atom. The van der Waals surface area contributed by atoms with Crippen LogP contribution in [0, 0.1) is 5.82 Å². The number of aliphatic hydroxyl groups is 1. The van der Waals surface area contributed by atoms with E-state index in [1.54, 1.807) is 13.8 Å². The maximum Gasteiger partial charge on any atom is 0.266 e. The molecule has 0 saturated carbocycles. The van der Waals surface area contributed by atoms with Crippen molar-refractivity contribution in [2.24, 2.45) is 0 Å². The maximum absolute atomic E-state index is 12.8. The zero-order valence-corrected chi connectivity index (χ0v) is 11.5. The Hall–Kier alpha value is -1.62. The molecule has 0 fully saturated rings. The Morgan fingerprint density at radius 2 is 1.95 bits per heavy atom. The van der Waals surface area contributed by atoms with Crippen molar-refractivity contribution in [2.75, 3.05) is 19.7 Å². The summed E-state index contributed by atoms with van der Waals surface area (Å²) in [6.45, 7) is 5.81. The summed E-state index contributed by atoms with van der Waals surface area (Å²) in [6.07, 6.45) is 0. The first kappa shape index (κ1) is 15.4. The van der Waals surface area contributed by atoms with E-state index in [1.165, 1.54) is 29.2 Å². The van der Waals surface area contributed by atoms with Crippen molar-refractivity contribution in [2.45, 2.75) is 26.4 Å². The lowest BCUT2D eigenvalue weighted by Crippen LogP contribution is -2.49. The van der Waals surface area contributed by atoms with Gasteiger partial charge in [0.25, 0.3) is 5.91 Å². The number of ether oxygens (including phenoxy) is 1. The molecule has 0 aromatic heterocycles. The first-order valence-corrected chi connectivity index (χ1v) is 6.25. The van der Waals surface area contributed by atoms with E-state index in [4.69, 9.17) is 9.84 Å². The molecule has 1 amide bonds. The highest BCUT2D eigenvalue weighted by atomic mass is 19.1. The quantitative estimate of drug-likeness (QED) is 0.857. The Balaban J connectivity index is 2.78. The van der Waals surface area contributed by atoms with E-state index in [0.717, 1.165) is 0 Å². The van der Waals surface area contributed by atoms with E-state index >= 15 is 0 Å². The fraction of sp³-hybridized carbons (Fsp3) is 0.500. The van der Waals surface area contributed by atoms with Gasteiger partial charge in [-0.15, -0.1) is 0 Å². The number of likely N-dealkylation sites (N-methyl/N-ethyl adjacent to an activating group) is 1. The third-order valence-corrected chi connectivity index (χ3v) is 2.74. The van der Waals surface area contributed by atoms with E-state index in [-0.39, 0.29) is 24.9 Å². The summed E-state index contributed by atoms with van der Waals surface area (Å²) >= 11 is 0. The van der Waals surface area contributed by atoms with Crippen molar-refractivity contribution in [1.82, 2.24) is 4.90 Å². The Labute approximate surface area is 112 Å². The van der Waals surface area contributed by atoms with Gasteiger partial charge in [0.1, 0.15) is 11.6 Å². The minimum atomic E-state index is -1.07. The van der Waals surface area contributed by atoms with E-state index in [0.29, 0.717) is 12.3 Å². The molecule has 1 rings (SSSR count). The molecule has 0 spiro atoms. The molecule has 4 nitrogen and oxygen atoms in total. The summed E-state index contributed by atoms with van der Waals surface area (Å²) in [5, 5.41) is 8.93. The second-order valence-corrected chi connectivity index (χ2v) is 4.67.